The Hall–Kier alpha value is -2.99. The number of hydrogen-bond acceptors (Lipinski definition) is 5. The minimum Gasteiger partial charge on any atom is -0.457 e. The zero-order valence-electron chi connectivity index (χ0n) is 15.7. The molecule has 0 amide bonds. The number of halogens is 4. The van der Waals surface area contributed by atoms with Crippen LogP contribution in [0.15, 0.2) is 75.0 Å². The number of alkyl halides is 3. The number of rotatable bonds is 6. The first-order valence-electron chi connectivity index (χ1n) is 8.47. The van der Waals surface area contributed by atoms with Crippen LogP contribution in [0.1, 0.15) is 0 Å². The molecule has 0 fully saturated rings. The van der Waals surface area contributed by atoms with Crippen molar-refractivity contribution in [2.45, 2.75) is 11.3 Å². The summed E-state index contributed by atoms with van der Waals surface area (Å²) < 4.78 is 72.8. The van der Waals surface area contributed by atoms with Gasteiger partial charge in [0.2, 0.25) is 0 Å². The molecule has 31 heavy (non-hydrogen) atoms. The number of pyridine rings is 1. The first kappa shape index (κ1) is 22.7. The second-order valence-electron chi connectivity index (χ2n) is 6.07. The Labute approximate surface area is 183 Å². The molecule has 0 spiro atoms. The van der Waals surface area contributed by atoms with E-state index in [-0.39, 0.29) is 22.1 Å². The number of aromatic amines is 1. The van der Waals surface area contributed by atoms with Crippen LogP contribution in [-0.4, -0.2) is 26.8 Å². The Morgan fingerprint density at radius 1 is 0.935 bits per heavy atom. The van der Waals surface area contributed by atoms with E-state index in [4.69, 9.17) is 4.74 Å². The molecule has 12 heteroatoms. The summed E-state index contributed by atoms with van der Waals surface area (Å²) >= 11 is 3.17. The summed E-state index contributed by atoms with van der Waals surface area (Å²) in [5, 5.41) is 0. The smallest absolute Gasteiger partial charge is 0.457 e. The van der Waals surface area contributed by atoms with E-state index >= 15 is 0 Å². The summed E-state index contributed by atoms with van der Waals surface area (Å²) in [5.74, 6) is 0.0817. The molecular formula is C19H14BrF3N2O5S. The van der Waals surface area contributed by atoms with Crippen LogP contribution in [0.25, 0.3) is 0 Å². The van der Waals surface area contributed by atoms with Gasteiger partial charge in [0.25, 0.3) is 15.6 Å². The van der Waals surface area contributed by atoms with Crippen LogP contribution in [0.3, 0.4) is 0 Å². The Morgan fingerprint density at radius 2 is 1.45 bits per heavy atom. The maximum atomic E-state index is 12.9. The standard InChI is InChI=1S/C19H14BrF3N2O5S/c1-25(17-16(20)10-11-24-18(17)26)31(27,28)15-8-6-13(7-9-15)29-12-2-4-14(5-3-12)30-19(21,22)23/h2-11H,1H3,(H,24,26). The van der Waals surface area contributed by atoms with Crippen molar-refractivity contribution in [2.24, 2.45) is 0 Å². The molecule has 7 nitrogen and oxygen atoms in total. The molecule has 1 aromatic heterocycles. The maximum absolute atomic E-state index is 12.9. The lowest BCUT2D eigenvalue weighted by atomic mass is 10.3. The van der Waals surface area contributed by atoms with Crippen LogP contribution in [0, 0.1) is 0 Å². The van der Waals surface area contributed by atoms with Gasteiger partial charge in [-0.05, 0) is 70.5 Å². The summed E-state index contributed by atoms with van der Waals surface area (Å²) in [5.41, 5.74) is -0.664. The topological polar surface area (TPSA) is 88.7 Å². The largest absolute Gasteiger partial charge is 0.573 e. The van der Waals surface area contributed by atoms with E-state index < -0.39 is 27.7 Å². The lowest BCUT2D eigenvalue weighted by Crippen LogP contribution is -2.31. The Morgan fingerprint density at radius 3 is 1.97 bits per heavy atom. The molecule has 0 saturated heterocycles. The summed E-state index contributed by atoms with van der Waals surface area (Å²) in [7, 11) is -2.80. The minimum absolute atomic E-state index is 0.0796. The molecule has 0 unspecified atom stereocenters. The van der Waals surface area contributed by atoms with Crippen molar-refractivity contribution in [1.29, 1.82) is 0 Å². The fourth-order valence-corrected chi connectivity index (χ4v) is 4.46. The van der Waals surface area contributed by atoms with Crippen molar-refractivity contribution >= 4 is 31.6 Å². The summed E-state index contributed by atoms with van der Waals surface area (Å²) in [6, 6.07) is 11.6. The first-order chi connectivity index (χ1) is 14.5. The number of ether oxygens (including phenoxy) is 2. The first-order valence-corrected chi connectivity index (χ1v) is 10.7. The predicted molar refractivity (Wildman–Crippen MR) is 110 cm³/mol. The van der Waals surface area contributed by atoms with Crippen LogP contribution in [0.5, 0.6) is 17.2 Å². The van der Waals surface area contributed by atoms with Gasteiger partial charge in [-0.3, -0.25) is 9.10 Å². The van der Waals surface area contributed by atoms with E-state index in [1.54, 1.807) is 0 Å². The van der Waals surface area contributed by atoms with Crippen molar-refractivity contribution in [3.05, 3.63) is 75.6 Å². The van der Waals surface area contributed by atoms with E-state index in [1.807, 2.05) is 0 Å². The molecule has 164 valence electrons. The van der Waals surface area contributed by atoms with Gasteiger partial charge in [-0.1, -0.05) is 0 Å². The average molecular weight is 519 g/mol. The quantitative estimate of drug-likeness (QED) is 0.512. The molecular weight excluding hydrogens is 505 g/mol. The van der Waals surface area contributed by atoms with Gasteiger partial charge < -0.3 is 14.5 Å². The molecule has 0 aliphatic carbocycles. The SMILES string of the molecule is CN(c1c(Br)cc[nH]c1=O)S(=O)(=O)c1ccc(Oc2ccc(OC(F)(F)F)cc2)cc1. The van der Waals surface area contributed by atoms with Crippen molar-refractivity contribution in [3.63, 3.8) is 0 Å². The van der Waals surface area contributed by atoms with Crippen LogP contribution in [-0.2, 0) is 10.0 Å². The summed E-state index contributed by atoms with van der Waals surface area (Å²) in [6.45, 7) is 0. The highest BCUT2D eigenvalue weighted by Crippen LogP contribution is 2.29. The number of hydrogen-bond donors (Lipinski definition) is 1. The Bertz CT molecular complexity index is 1230. The third-order valence-electron chi connectivity index (χ3n) is 3.98. The third-order valence-corrected chi connectivity index (χ3v) is 6.39. The summed E-state index contributed by atoms with van der Waals surface area (Å²) in [6.07, 6.45) is -3.42. The van der Waals surface area contributed by atoms with Crippen molar-refractivity contribution in [1.82, 2.24) is 4.98 Å². The van der Waals surface area contributed by atoms with Gasteiger partial charge in [0.05, 0.1) is 4.90 Å². The van der Waals surface area contributed by atoms with Gasteiger partial charge in [-0.25, -0.2) is 8.42 Å². The van der Waals surface area contributed by atoms with E-state index in [1.165, 1.54) is 55.7 Å². The fraction of sp³-hybridized carbons (Fsp3) is 0.105. The number of anilines is 1. The van der Waals surface area contributed by atoms with Gasteiger partial charge in [-0.2, -0.15) is 0 Å². The molecule has 0 radical (unpaired) electrons. The van der Waals surface area contributed by atoms with Crippen LogP contribution in [0.2, 0.25) is 0 Å². The molecule has 0 aliphatic rings. The van der Waals surface area contributed by atoms with Gasteiger partial charge in [0, 0.05) is 17.7 Å². The van der Waals surface area contributed by atoms with Crippen molar-refractivity contribution in [3.8, 4) is 17.2 Å². The number of nitrogens with one attached hydrogen (secondary N) is 1. The van der Waals surface area contributed by atoms with Crippen LogP contribution < -0.4 is 19.3 Å². The number of aromatic nitrogens is 1. The lowest BCUT2D eigenvalue weighted by molar-refractivity contribution is -0.274. The average Bonchev–Trinajstić information content (AvgIpc) is 2.68. The second-order valence-corrected chi connectivity index (χ2v) is 8.89. The summed E-state index contributed by atoms with van der Waals surface area (Å²) in [4.78, 5) is 14.4. The van der Waals surface area contributed by atoms with Crippen molar-refractivity contribution in [2.75, 3.05) is 11.4 Å². The van der Waals surface area contributed by atoms with Gasteiger partial charge in [0.15, 0.2) is 0 Å². The lowest BCUT2D eigenvalue weighted by Gasteiger charge is -2.19. The highest BCUT2D eigenvalue weighted by molar-refractivity contribution is 9.10. The predicted octanol–water partition coefficient (Wildman–Crippen LogP) is 4.65. The zero-order valence-corrected chi connectivity index (χ0v) is 18.1. The van der Waals surface area contributed by atoms with Crippen LogP contribution >= 0.6 is 15.9 Å². The monoisotopic (exact) mass is 518 g/mol. The molecule has 0 atom stereocenters. The number of sulfonamides is 1. The highest BCUT2D eigenvalue weighted by atomic mass is 79.9. The van der Waals surface area contributed by atoms with E-state index in [9.17, 15) is 26.4 Å². The minimum atomic E-state index is -4.79. The molecule has 3 aromatic rings. The van der Waals surface area contributed by atoms with E-state index in [2.05, 4.69) is 25.7 Å². The number of nitrogens with zero attached hydrogens (tertiary/aromatic N) is 1. The Balaban J connectivity index is 1.77. The Kier molecular flexibility index (Phi) is 6.32. The molecule has 3 rings (SSSR count). The maximum Gasteiger partial charge on any atom is 0.573 e. The zero-order chi connectivity index (χ0) is 22.8. The molecule has 0 aliphatic heterocycles. The van der Waals surface area contributed by atoms with Gasteiger partial charge >= 0.3 is 6.36 Å². The molecule has 2 aromatic carbocycles. The normalized spacial score (nSPS) is 11.8. The number of benzene rings is 2. The third kappa shape index (κ3) is 5.39. The molecule has 0 bridgehead atoms. The second kappa shape index (κ2) is 8.63. The van der Waals surface area contributed by atoms with Crippen LogP contribution in [0.4, 0.5) is 18.9 Å². The molecule has 1 heterocycles. The number of H-pyrrole nitrogens is 1. The van der Waals surface area contributed by atoms with E-state index in [0.717, 1.165) is 16.4 Å². The fourth-order valence-electron chi connectivity index (χ4n) is 2.54. The molecule has 0 saturated carbocycles. The van der Waals surface area contributed by atoms with Gasteiger partial charge in [-0.15, -0.1) is 13.2 Å². The highest BCUT2D eigenvalue weighted by Gasteiger charge is 2.31. The van der Waals surface area contributed by atoms with Crippen molar-refractivity contribution < 1.29 is 31.1 Å². The van der Waals surface area contributed by atoms with E-state index in [0.29, 0.717) is 4.47 Å². The molecule has 1 N–H and O–H groups in total. The van der Waals surface area contributed by atoms with Gasteiger partial charge in [0.1, 0.15) is 22.9 Å².